The van der Waals surface area contributed by atoms with E-state index >= 15 is 0 Å². The largest absolute Gasteiger partial charge is 0.523 e. The molecular weight excluding hydrogens is 261 g/mol. The molecule has 0 heterocycles. The summed E-state index contributed by atoms with van der Waals surface area (Å²) in [7, 11) is -5.70. The average molecular weight is 274 g/mol. The highest BCUT2D eigenvalue weighted by Crippen LogP contribution is 2.33. The fraction of sp³-hybridized carbons (Fsp3) is 0.889. The number of hydrogen-bond acceptors (Lipinski definition) is 4. The smallest absolute Gasteiger partial charge is 0.297 e. The first kappa shape index (κ1) is 14.4. The van der Waals surface area contributed by atoms with Gasteiger partial charge in [0.1, 0.15) is 6.10 Å². The number of halogens is 3. The topological polar surface area (TPSA) is 60.4 Å². The maximum atomic E-state index is 12.1. The van der Waals surface area contributed by atoms with Crippen LogP contribution in [-0.2, 0) is 19.1 Å². The van der Waals surface area contributed by atoms with Crippen molar-refractivity contribution in [3.63, 3.8) is 0 Å². The fourth-order valence-corrected chi connectivity index (χ4v) is 2.60. The van der Waals surface area contributed by atoms with Crippen LogP contribution in [0.1, 0.15) is 32.6 Å². The number of alkyl halides is 3. The molecule has 100 valence electrons. The molecule has 1 saturated carbocycles. The van der Waals surface area contributed by atoms with Gasteiger partial charge in [0.05, 0.1) is 0 Å². The lowest BCUT2D eigenvalue weighted by Gasteiger charge is -2.21. The van der Waals surface area contributed by atoms with Crippen molar-refractivity contribution in [2.45, 2.75) is 44.2 Å². The lowest BCUT2D eigenvalue weighted by atomic mass is 9.98. The monoisotopic (exact) mass is 274 g/mol. The number of carbonyl (C=O) groups excluding carboxylic acids is 1. The molecule has 0 amide bonds. The molecule has 17 heavy (non-hydrogen) atoms. The predicted molar refractivity (Wildman–Crippen MR) is 52.5 cm³/mol. The van der Waals surface area contributed by atoms with Crippen LogP contribution in [0.25, 0.3) is 0 Å². The molecule has 1 fully saturated rings. The van der Waals surface area contributed by atoms with Crippen molar-refractivity contribution in [3.05, 3.63) is 0 Å². The van der Waals surface area contributed by atoms with Gasteiger partial charge in [-0.15, -0.1) is 0 Å². The molecule has 1 atom stereocenters. The third-order valence-electron chi connectivity index (χ3n) is 2.74. The zero-order chi connectivity index (χ0) is 13.3. The summed E-state index contributed by atoms with van der Waals surface area (Å²) in [5, 5.41) is 0. The average Bonchev–Trinajstić information content (AvgIpc) is 2.64. The maximum Gasteiger partial charge on any atom is 0.523 e. The Hall–Kier alpha value is -0.630. The van der Waals surface area contributed by atoms with E-state index in [9.17, 15) is 26.4 Å². The summed E-state index contributed by atoms with van der Waals surface area (Å²) in [5.41, 5.74) is -5.49. The third kappa shape index (κ3) is 3.41. The normalized spacial score (nSPS) is 20.5. The van der Waals surface area contributed by atoms with Crippen molar-refractivity contribution >= 4 is 15.9 Å². The Kier molecular flexibility index (Phi) is 4.19. The molecule has 1 rings (SSSR count). The van der Waals surface area contributed by atoms with Crippen LogP contribution in [0, 0.1) is 5.92 Å². The highest BCUT2D eigenvalue weighted by Gasteiger charge is 2.50. The first-order valence-corrected chi connectivity index (χ1v) is 6.56. The van der Waals surface area contributed by atoms with Crippen molar-refractivity contribution in [2.75, 3.05) is 0 Å². The predicted octanol–water partition coefficient (Wildman–Crippen LogP) is 2.00. The Morgan fingerprint density at radius 2 is 1.76 bits per heavy atom. The molecule has 0 aromatic heterocycles. The Labute approximate surface area is 97.3 Å². The van der Waals surface area contributed by atoms with Crippen molar-refractivity contribution in [2.24, 2.45) is 5.92 Å². The van der Waals surface area contributed by atoms with Gasteiger partial charge in [-0.2, -0.15) is 21.6 Å². The highest BCUT2D eigenvalue weighted by atomic mass is 32.2. The molecule has 0 spiro atoms. The van der Waals surface area contributed by atoms with E-state index < -0.39 is 33.4 Å². The molecular formula is C9H13F3O4S. The van der Waals surface area contributed by atoms with E-state index in [2.05, 4.69) is 4.18 Å². The van der Waals surface area contributed by atoms with E-state index in [1.54, 1.807) is 0 Å². The van der Waals surface area contributed by atoms with Crippen LogP contribution in [-0.4, -0.2) is 25.8 Å². The van der Waals surface area contributed by atoms with Crippen LogP contribution in [0.5, 0.6) is 0 Å². The first-order chi connectivity index (χ1) is 7.65. The van der Waals surface area contributed by atoms with Crippen molar-refractivity contribution in [1.29, 1.82) is 0 Å². The van der Waals surface area contributed by atoms with Gasteiger partial charge in [-0.1, -0.05) is 12.8 Å². The molecule has 0 bridgehead atoms. The van der Waals surface area contributed by atoms with E-state index in [0.29, 0.717) is 12.8 Å². The number of rotatable bonds is 4. The minimum absolute atomic E-state index is 0.440. The Morgan fingerprint density at radius 3 is 2.12 bits per heavy atom. The Morgan fingerprint density at radius 1 is 1.29 bits per heavy atom. The SMILES string of the molecule is CC(=O)[C@H](OS(=O)(=O)C(F)(F)F)C1CCCC1. The lowest BCUT2D eigenvalue weighted by Crippen LogP contribution is -2.37. The number of Topliss-reactive ketones (excluding diaryl/α,β-unsaturated/α-hetero) is 1. The summed E-state index contributed by atoms with van der Waals surface area (Å²) in [6, 6.07) is 0. The van der Waals surface area contributed by atoms with E-state index in [4.69, 9.17) is 0 Å². The molecule has 0 aliphatic heterocycles. The summed E-state index contributed by atoms with van der Waals surface area (Å²) < 4.78 is 62.1. The zero-order valence-electron chi connectivity index (χ0n) is 9.16. The molecule has 1 aliphatic rings. The van der Waals surface area contributed by atoms with E-state index in [0.717, 1.165) is 19.8 Å². The number of hydrogen-bond donors (Lipinski definition) is 0. The lowest BCUT2D eigenvalue weighted by molar-refractivity contribution is -0.126. The molecule has 0 saturated heterocycles. The molecule has 1 aliphatic carbocycles. The Bertz CT molecular complexity index is 382. The summed E-state index contributed by atoms with van der Waals surface area (Å²) in [6.45, 7) is 1.04. The number of carbonyl (C=O) groups is 1. The summed E-state index contributed by atoms with van der Waals surface area (Å²) in [5.74, 6) is -1.13. The van der Waals surface area contributed by atoms with Crippen molar-refractivity contribution in [1.82, 2.24) is 0 Å². The van der Waals surface area contributed by atoms with E-state index in [1.807, 2.05) is 0 Å². The van der Waals surface area contributed by atoms with E-state index in [-0.39, 0.29) is 0 Å². The van der Waals surface area contributed by atoms with Crippen LogP contribution >= 0.6 is 0 Å². The van der Waals surface area contributed by atoms with Crippen molar-refractivity contribution in [3.8, 4) is 0 Å². The van der Waals surface area contributed by atoms with Gasteiger partial charge in [-0.3, -0.25) is 8.98 Å². The van der Waals surface area contributed by atoms with Gasteiger partial charge < -0.3 is 0 Å². The Balaban J connectivity index is 2.84. The van der Waals surface area contributed by atoms with Gasteiger partial charge in [0, 0.05) is 0 Å². The zero-order valence-corrected chi connectivity index (χ0v) is 9.97. The molecule has 0 unspecified atom stereocenters. The van der Waals surface area contributed by atoms with E-state index in [1.165, 1.54) is 0 Å². The fourth-order valence-electron chi connectivity index (χ4n) is 1.93. The molecule has 0 aromatic carbocycles. The maximum absolute atomic E-state index is 12.1. The highest BCUT2D eigenvalue weighted by molar-refractivity contribution is 7.87. The van der Waals surface area contributed by atoms with Gasteiger partial charge in [-0.05, 0) is 25.7 Å². The minimum Gasteiger partial charge on any atom is -0.297 e. The van der Waals surface area contributed by atoms with Crippen LogP contribution in [0.4, 0.5) is 13.2 Å². The second-order valence-corrected chi connectivity index (χ2v) is 5.64. The third-order valence-corrected chi connectivity index (χ3v) is 3.77. The van der Waals surface area contributed by atoms with Crippen molar-refractivity contribution < 1.29 is 30.6 Å². The molecule has 0 radical (unpaired) electrons. The standard InChI is InChI=1S/C9H13F3O4S/c1-6(13)8(7-4-2-3-5-7)16-17(14,15)9(10,11)12/h7-8H,2-5H2,1H3/t8-/m0/s1. The van der Waals surface area contributed by atoms with Crippen LogP contribution in [0.3, 0.4) is 0 Å². The summed E-state index contributed by atoms with van der Waals surface area (Å²) in [4.78, 5) is 11.2. The molecule has 0 N–H and O–H groups in total. The molecule has 4 nitrogen and oxygen atoms in total. The van der Waals surface area contributed by atoms with Crippen LogP contribution in [0.15, 0.2) is 0 Å². The van der Waals surface area contributed by atoms with Gasteiger partial charge in [0.15, 0.2) is 5.78 Å². The number of ketones is 1. The summed E-state index contributed by atoms with van der Waals surface area (Å²) in [6.07, 6.45) is 1.05. The second-order valence-electron chi connectivity index (χ2n) is 4.07. The van der Waals surface area contributed by atoms with Gasteiger partial charge in [0.25, 0.3) is 0 Å². The van der Waals surface area contributed by atoms with Crippen LogP contribution in [0.2, 0.25) is 0 Å². The summed E-state index contributed by atoms with van der Waals surface area (Å²) >= 11 is 0. The van der Waals surface area contributed by atoms with Crippen LogP contribution < -0.4 is 0 Å². The first-order valence-electron chi connectivity index (χ1n) is 5.15. The second kappa shape index (κ2) is 4.93. The van der Waals surface area contributed by atoms with Gasteiger partial charge >= 0.3 is 15.6 Å². The molecule has 8 heteroatoms. The molecule has 0 aromatic rings. The quantitative estimate of drug-likeness (QED) is 0.581. The van der Waals surface area contributed by atoms with Gasteiger partial charge in [0.2, 0.25) is 0 Å². The minimum atomic E-state index is -5.70. The van der Waals surface area contributed by atoms with Gasteiger partial charge in [-0.25, -0.2) is 0 Å².